The SMILES string of the molecule is COCCN(C)c1ccc(C(N)=S)cc1Cl. The molecule has 0 radical (unpaired) electrons. The summed E-state index contributed by atoms with van der Waals surface area (Å²) >= 11 is 11.0. The maximum atomic E-state index is 6.15. The fourth-order valence-electron chi connectivity index (χ4n) is 1.32. The summed E-state index contributed by atoms with van der Waals surface area (Å²) in [7, 11) is 3.63. The lowest BCUT2D eigenvalue weighted by molar-refractivity contribution is 0.206. The number of anilines is 1. The van der Waals surface area contributed by atoms with Gasteiger partial charge in [-0.25, -0.2) is 0 Å². The van der Waals surface area contributed by atoms with Gasteiger partial charge >= 0.3 is 0 Å². The third-order valence-electron chi connectivity index (χ3n) is 2.27. The number of ether oxygens (including phenoxy) is 1. The van der Waals surface area contributed by atoms with Crippen molar-refractivity contribution < 1.29 is 4.74 Å². The Morgan fingerprint density at radius 2 is 2.25 bits per heavy atom. The van der Waals surface area contributed by atoms with Crippen LogP contribution in [-0.2, 0) is 4.74 Å². The van der Waals surface area contributed by atoms with Crippen molar-refractivity contribution in [3.63, 3.8) is 0 Å². The fourth-order valence-corrected chi connectivity index (χ4v) is 1.77. The first-order valence-corrected chi connectivity index (χ1v) is 5.64. The molecule has 1 aromatic rings. The Bertz CT molecular complexity index is 384. The van der Waals surface area contributed by atoms with Crippen LogP contribution >= 0.6 is 23.8 Å². The molecule has 0 heterocycles. The molecule has 0 amide bonds. The highest BCUT2D eigenvalue weighted by atomic mass is 35.5. The largest absolute Gasteiger partial charge is 0.389 e. The summed E-state index contributed by atoms with van der Waals surface area (Å²) < 4.78 is 5.01. The van der Waals surface area contributed by atoms with Crippen LogP contribution in [0.4, 0.5) is 5.69 Å². The fraction of sp³-hybridized carbons (Fsp3) is 0.364. The Morgan fingerprint density at radius 3 is 2.75 bits per heavy atom. The number of likely N-dealkylation sites (N-methyl/N-ethyl adjacent to an activating group) is 1. The molecule has 0 bridgehead atoms. The highest BCUT2D eigenvalue weighted by molar-refractivity contribution is 7.80. The molecule has 0 aromatic heterocycles. The summed E-state index contributed by atoms with van der Waals surface area (Å²) in [5.41, 5.74) is 7.25. The van der Waals surface area contributed by atoms with Crippen LogP contribution in [0.2, 0.25) is 5.02 Å². The molecule has 1 aromatic carbocycles. The summed E-state index contributed by atoms with van der Waals surface area (Å²) in [6, 6.07) is 5.56. The van der Waals surface area contributed by atoms with Gasteiger partial charge in [-0.15, -0.1) is 0 Å². The number of rotatable bonds is 5. The number of nitrogens with two attached hydrogens (primary N) is 1. The quantitative estimate of drug-likeness (QED) is 0.821. The molecule has 0 fully saturated rings. The Kier molecular flexibility index (Phi) is 4.99. The molecule has 0 atom stereocenters. The van der Waals surface area contributed by atoms with E-state index in [1.54, 1.807) is 13.2 Å². The molecule has 16 heavy (non-hydrogen) atoms. The van der Waals surface area contributed by atoms with Crippen LogP contribution in [-0.4, -0.2) is 32.3 Å². The Balaban J connectivity index is 2.85. The van der Waals surface area contributed by atoms with Crippen molar-refractivity contribution in [3.8, 4) is 0 Å². The van der Waals surface area contributed by atoms with Crippen LogP contribution in [0.5, 0.6) is 0 Å². The topological polar surface area (TPSA) is 38.5 Å². The van der Waals surface area contributed by atoms with E-state index in [-0.39, 0.29) is 0 Å². The van der Waals surface area contributed by atoms with E-state index < -0.39 is 0 Å². The van der Waals surface area contributed by atoms with E-state index >= 15 is 0 Å². The van der Waals surface area contributed by atoms with Crippen LogP contribution in [0.1, 0.15) is 5.56 Å². The normalized spacial score (nSPS) is 10.2. The van der Waals surface area contributed by atoms with Crippen LogP contribution in [0, 0.1) is 0 Å². The number of hydrogen-bond donors (Lipinski definition) is 1. The van der Waals surface area contributed by atoms with Crippen molar-refractivity contribution in [2.75, 3.05) is 32.2 Å². The van der Waals surface area contributed by atoms with Gasteiger partial charge in [0.2, 0.25) is 0 Å². The molecule has 88 valence electrons. The summed E-state index contributed by atoms with van der Waals surface area (Å²) in [5.74, 6) is 0. The van der Waals surface area contributed by atoms with Gasteiger partial charge in [0, 0.05) is 26.3 Å². The number of halogens is 1. The maximum Gasteiger partial charge on any atom is 0.104 e. The van der Waals surface area contributed by atoms with E-state index in [1.807, 2.05) is 24.1 Å². The average molecular weight is 259 g/mol. The number of hydrogen-bond acceptors (Lipinski definition) is 3. The van der Waals surface area contributed by atoms with Crippen molar-refractivity contribution in [2.45, 2.75) is 0 Å². The minimum Gasteiger partial charge on any atom is -0.389 e. The molecule has 0 aliphatic rings. The van der Waals surface area contributed by atoms with Crippen LogP contribution in [0.15, 0.2) is 18.2 Å². The van der Waals surface area contributed by atoms with Crippen molar-refractivity contribution in [3.05, 3.63) is 28.8 Å². The predicted octanol–water partition coefficient (Wildman–Crippen LogP) is 2.06. The van der Waals surface area contributed by atoms with Gasteiger partial charge in [-0.3, -0.25) is 0 Å². The molecule has 5 heteroatoms. The molecule has 2 N–H and O–H groups in total. The Hall–Kier alpha value is -0.840. The third kappa shape index (κ3) is 3.33. The van der Waals surface area contributed by atoms with E-state index in [2.05, 4.69) is 0 Å². The monoisotopic (exact) mass is 258 g/mol. The molecule has 0 spiro atoms. The van der Waals surface area contributed by atoms with Crippen molar-refractivity contribution in [1.82, 2.24) is 0 Å². The van der Waals surface area contributed by atoms with E-state index in [1.165, 1.54) is 0 Å². The molecule has 0 saturated heterocycles. The van der Waals surface area contributed by atoms with Crippen LogP contribution in [0.25, 0.3) is 0 Å². The number of benzene rings is 1. The second-order valence-electron chi connectivity index (χ2n) is 3.44. The third-order valence-corrected chi connectivity index (χ3v) is 2.81. The molecule has 0 saturated carbocycles. The molecule has 0 aliphatic heterocycles. The summed E-state index contributed by atoms with van der Waals surface area (Å²) in [5, 5.41) is 0.643. The van der Waals surface area contributed by atoms with Gasteiger partial charge in [0.05, 0.1) is 17.3 Å². The highest BCUT2D eigenvalue weighted by Crippen LogP contribution is 2.25. The molecular formula is C11H15ClN2OS. The Labute approximate surface area is 106 Å². The second-order valence-corrected chi connectivity index (χ2v) is 4.29. The standard InChI is InChI=1S/C11H15ClN2OS/c1-14(5-6-15-2)10-4-3-8(11(13)16)7-9(10)12/h3-4,7H,5-6H2,1-2H3,(H2,13,16). The molecule has 0 aliphatic carbocycles. The van der Waals surface area contributed by atoms with E-state index in [0.717, 1.165) is 17.8 Å². The minimum atomic E-state index is 0.355. The zero-order valence-corrected chi connectivity index (χ0v) is 10.9. The number of nitrogens with zero attached hydrogens (tertiary/aromatic N) is 1. The van der Waals surface area contributed by atoms with Gasteiger partial charge in [-0.05, 0) is 18.2 Å². The predicted molar refractivity (Wildman–Crippen MR) is 72.5 cm³/mol. The first-order chi connectivity index (χ1) is 7.56. The summed E-state index contributed by atoms with van der Waals surface area (Å²) in [4.78, 5) is 2.38. The van der Waals surface area contributed by atoms with Crippen LogP contribution in [0.3, 0.4) is 0 Å². The van der Waals surface area contributed by atoms with Gasteiger partial charge in [-0.1, -0.05) is 23.8 Å². The zero-order valence-electron chi connectivity index (χ0n) is 9.37. The number of methoxy groups -OCH3 is 1. The molecule has 3 nitrogen and oxygen atoms in total. The minimum absolute atomic E-state index is 0.355. The van der Waals surface area contributed by atoms with Gasteiger partial charge in [0.1, 0.15) is 4.99 Å². The Morgan fingerprint density at radius 1 is 1.56 bits per heavy atom. The smallest absolute Gasteiger partial charge is 0.104 e. The highest BCUT2D eigenvalue weighted by Gasteiger charge is 2.07. The molecular weight excluding hydrogens is 244 g/mol. The first-order valence-electron chi connectivity index (χ1n) is 4.85. The van der Waals surface area contributed by atoms with Crippen molar-refractivity contribution in [1.29, 1.82) is 0 Å². The van der Waals surface area contributed by atoms with Crippen molar-refractivity contribution >= 4 is 34.5 Å². The van der Waals surface area contributed by atoms with Crippen LogP contribution < -0.4 is 10.6 Å². The summed E-state index contributed by atoms with van der Waals surface area (Å²) in [6.45, 7) is 1.44. The first kappa shape index (κ1) is 13.2. The van der Waals surface area contributed by atoms with Gasteiger partial charge in [0.25, 0.3) is 0 Å². The molecule has 0 unspecified atom stereocenters. The second kappa shape index (κ2) is 6.03. The summed E-state index contributed by atoms with van der Waals surface area (Å²) in [6.07, 6.45) is 0. The van der Waals surface area contributed by atoms with Gasteiger partial charge < -0.3 is 15.4 Å². The van der Waals surface area contributed by atoms with Crippen molar-refractivity contribution in [2.24, 2.45) is 5.73 Å². The van der Waals surface area contributed by atoms with E-state index in [0.29, 0.717) is 16.6 Å². The lowest BCUT2D eigenvalue weighted by Gasteiger charge is -2.20. The van der Waals surface area contributed by atoms with E-state index in [4.69, 9.17) is 34.3 Å². The number of thiocarbonyl (C=S) groups is 1. The van der Waals surface area contributed by atoms with Gasteiger partial charge in [0.15, 0.2) is 0 Å². The zero-order chi connectivity index (χ0) is 12.1. The average Bonchev–Trinajstić information content (AvgIpc) is 2.25. The maximum absolute atomic E-state index is 6.15. The lowest BCUT2D eigenvalue weighted by atomic mass is 10.2. The van der Waals surface area contributed by atoms with Gasteiger partial charge in [-0.2, -0.15) is 0 Å². The molecule has 1 rings (SSSR count). The lowest BCUT2D eigenvalue weighted by Crippen LogP contribution is -2.22. The van der Waals surface area contributed by atoms with E-state index in [9.17, 15) is 0 Å².